The summed E-state index contributed by atoms with van der Waals surface area (Å²) < 4.78 is 0. The van der Waals surface area contributed by atoms with Crippen LogP contribution in [0, 0.1) is 5.92 Å². The highest BCUT2D eigenvalue weighted by molar-refractivity contribution is 5.58. The Kier molecular flexibility index (Phi) is 4.34. The first-order valence-electron chi connectivity index (χ1n) is 7.87. The monoisotopic (exact) mass is 298 g/mol. The third-order valence-electron chi connectivity index (χ3n) is 4.15. The van der Waals surface area contributed by atoms with Gasteiger partial charge in [-0.05, 0) is 37.3 Å². The van der Waals surface area contributed by atoms with Gasteiger partial charge in [-0.1, -0.05) is 19.9 Å². The summed E-state index contributed by atoms with van der Waals surface area (Å²) in [5, 5.41) is 13.0. The number of anilines is 1. The van der Waals surface area contributed by atoms with E-state index in [4.69, 9.17) is 0 Å². The Bertz CT molecular complexity index is 643. The lowest BCUT2D eigenvalue weighted by molar-refractivity contribution is 0.249. The molecule has 3 rings (SSSR count). The van der Waals surface area contributed by atoms with Gasteiger partial charge in [0, 0.05) is 17.5 Å². The van der Waals surface area contributed by atoms with E-state index in [1.807, 2.05) is 18.2 Å². The molecule has 116 valence electrons. The molecule has 2 aromatic rings. The molecule has 2 N–H and O–H groups in total. The van der Waals surface area contributed by atoms with Crippen molar-refractivity contribution in [3.05, 3.63) is 35.7 Å². The number of pyridine rings is 1. The van der Waals surface area contributed by atoms with Gasteiger partial charge in [-0.25, -0.2) is 9.97 Å². The van der Waals surface area contributed by atoms with Crippen LogP contribution in [-0.4, -0.2) is 32.7 Å². The second-order valence-electron chi connectivity index (χ2n) is 6.07. The van der Waals surface area contributed by atoms with E-state index in [1.165, 1.54) is 5.56 Å². The van der Waals surface area contributed by atoms with Gasteiger partial charge in [-0.15, -0.1) is 0 Å². The van der Waals surface area contributed by atoms with Gasteiger partial charge in [0.1, 0.15) is 11.5 Å². The third-order valence-corrected chi connectivity index (χ3v) is 4.15. The fourth-order valence-electron chi connectivity index (χ4n) is 2.76. The summed E-state index contributed by atoms with van der Waals surface area (Å²) in [6.07, 6.45) is 4.84. The van der Waals surface area contributed by atoms with Crippen LogP contribution >= 0.6 is 0 Å². The molecule has 0 amide bonds. The fraction of sp³-hybridized carbons (Fsp3) is 0.471. The number of nitrogens with one attached hydrogen (secondary N) is 1. The Morgan fingerprint density at radius 2 is 2.09 bits per heavy atom. The Hall–Kier alpha value is -2.01. The molecule has 5 heteroatoms. The molecule has 0 aromatic carbocycles. The number of fused-ring (bicyclic) bond motifs is 1. The van der Waals surface area contributed by atoms with Crippen molar-refractivity contribution < 1.29 is 5.11 Å². The van der Waals surface area contributed by atoms with Crippen molar-refractivity contribution >= 4 is 5.82 Å². The van der Waals surface area contributed by atoms with Crippen molar-refractivity contribution in [1.82, 2.24) is 15.0 Å². The summed E-state index contributed by atoms with van der Waals surface area (Å²) in [6, 6.07) is 5.75. The van der Waals surface area contributed by atoms with E-state index >= 15 is 0 Å². The maximum absolute atomic E-state index is 9.57. The topological polar surface area (TPSA) is 70.9 Å². The van der Waals surface area contributed by atoms with Gasteiger partial charge in [-0.3, -0.25) is 4.98 Å². The number of aliphatic hydroxyl groups is 1. The summed E-state index contributed by atoms with van der Waals surface area (Å²) in [4.78, 5) is 13.7. The zero-order valence-electron chi connectivity index (χ0n) is 13.1. The number of aliphatic hydroxyl groups excluding tert-OH is 1. The largest absolute Gasteiger partial charge is 0.394 e. The van der Waals surface area contributed by atoms with E-state index in [9.17, 15) is 5.11 Å². The Morgan fingerprint density at radius 3 is 2.77 bits per heavy atom. The predicted octanol–water partition coefficient (Wildman–Crippen LogP) is 2.46. The maximum atomic E-state index is 9.57. The van der Waals surface area contributed by atoms with Gasteiger partial charge in [0.15, 0.2) is 5.82 Å². The molecule has 2 heterocycles. The van der Waals surface area contributed by atoms with E-state index in [0.29, 0.717) is 11.7 Å². The summed E-state index contributed by atoms with van der Waals surface area (Å²) >= 11 is 0. The zero-order valence-corrected chi connectivity index (χ0v) is 13.1. The van der Waals surface area contributed by atoms with Gasteiger partial charge in [0.2, 0.25) is 0 Å². The van der Waals surface area contributed by atoms with Crippen LogP contribution in [0.2, 0.25) is 0 Å². The minimum Gasteiger partial charge on any atom is -0.394 e. The van der Waals surface area contributed by atoms with Gasteiger partial charge < -0.3 is 10.4 Å². The number of hydrogen-bond acceptors (Lipinski definition) is 5. The van der Waals surface area contributed by atoms with Crippen LogP contribution in [-0.2, 0) is 12.8 Å². The van der Waals surface area contributed by atoms with E-state index in [2.05, 4.69) is 34.1 Å². The average molecular weight is 298 g/mol. The summed E-state index contributed by atoms with van der Waals surface area (Å²) in [6.45, 7) is 4.28. The van der Waals surface area contributed by atoms with Crippen molar-refractivity contribution in [1.29, 1.82) is 0 Å². The Balaban J connectivity index is 2.00. The number of aryl methyl sites for hydroxylation is 1. The molecule has 0 fully saturated rings. The van der Waals surface area contributed by atoms with Crippen molar-refractivity contribution in [3.63, 3.8) is 0 Å². The molecule has 0 aliphatic heterocycles. The fourth-order valence-corrected chi connectivity index (χ4v) is 2.76. The molecule has 0 radical (unpaired) electrons. The molecule has 0 saturated carbocycles. The van der Waals surface area contributed by atoms with E-state index in [-0.39, 0.29) is 12.6 Å². The number of aromatic nitrogens is 3. The molecule has 2 aromatic heterocycles. The zero-order chi connectivity index (χ0) is 15.5. The highest BCUT2D eigenvalue weighted by Gasteiger charge is 2.22. The predicted molar refractivity (Wildman–Crippen MR) is 86.6 cm³/mol. The van der Waals surface area contributed by atoms with Crippen LogP contribution in [0.25, 0.3) is 11.5 Å². The second kappa shape index (κ2) is 6.40. The maximum Gasteiger partial charge on any atom is 0.180 e. The lowest BCUT2D eigenvalue weighted by atomic mass is 10.1. The normalized spacial score (nSPS) is 14.9. The van der Waals surface area contributed by atoms with Crippen LogP contribution in [0.3, 0.4) is 0 Å². The lowest BCUT2D eigenvalue weighted by Crippen LogP contribution is -2.30. The molecular weight excluding hydrogens is 276 g/mol. The molecule has 0 spiro atoms. The van der Waals surface area contributed by atoms with Gasteiger partial charge >= 0.3 is 0 Å². The first-order valence-corrected chi connectivity index (χ1v) is 7.87. The van der Waals surface area contributed by atoms with Crippen LogP contribution in [0.15, 0.2) is 24.4 Å². The van der Waals surface area contributed by atoms with Gasteiger partial charge in [0.05, 0.1) is 12.6 Å². The summed E-state index contributed by atoms with van der Waals surface area (Å²) in [5.41, 5.74) is 3.09. The molecule has 5 nitrogen and oxygen atoms in total. The quantitative estimate of drug-likeness (QED) is 0.887. The minimum absolute atomic E-state index is 0.00353. The Morgan fingerprint density at radius 1 is 1.23 bits per heavy atom. The molecule has 22 heavy (non-hydrogen) atoms. The lowest BCUT2D eigenvalue weighted by Gasteiger charge is -2.22. The van der Waals surface area contributed by atoms with Crippen LogP contribution in [0.5, 0.6) is 0 Å². The molecule has 1 aliphatic carbocycles. The summed E-state index contributed by atoms with van der Waals surface area (Å²) in [7, 11) is 0. The first-order chi connectivity index (χ1) is 10.7. The van der Waals surface area contributed by atoms with E-state index in [0.717, 1.165) is 36.5 Å². The molecular formula is C17H22N4O. The highest BCUT2D eigenvalue weighted by atomic mass is 16.3. The third kappa shape index (κ3) is 2.95. The van der Waals surface area contributed by atoms with Crippen LogP contribution < -0.4 is 5.32 Å². The van der Waals surface area contributed by atoms with Gasteiger partial charge in [0.25, 0.3) is 0 Å². The molecule has 1 atom stereocenters. The first kappa shape index (κ1) is 14.9. The molecule has 0 unspecified atom stereocenters. The average Bonchev–Trinajstić information content (AvgIpc) is 3.01. The summed E-state index contributed by atoms with van der Waals surface area (Å²) in [5.74, 6) is 1.84. The molecule has 1 aliphatic rings. The minimum atomic E-state index is -0.00353. The molecule has 0 saturated heterocycles. The van der Waals surface area contributed by atoms with Crippen molar-refractivity contribution in [2.75, 3.05) is 11.9 Å². The van der Waals surface area contributed by atoms with Crippen molar-refractivity contribution in [3.8, 4) is 11.5 Å². The van der Waals surface area contributed by atoms with E-state index in [1.54, 1.807) is 6.20 Å². The van der Waals surface area contributed by atoms with Crippen molar-refractivity contribution in [2.45, 2.75) is 39.2 Å². The number of hydrogen-bond donors (Lipinski definition) is 2. The van der Waals surface area contributed by atoms with Crippen molar-refractivity contribution in [2.24, 2.45) is 5.92 Å². The SMILES string of the molecule is CC(C)[C@@H](CO)Nc1nc(-c2ccccn2)nc2c1CCC2. The number of nitrogens with zero attached hydrogens (tertiary/aromatic N) is 3. The van der Waals surface area contributed by atoms with E-state index < -0.39 is 0 Å². The second-order valence-corrected chi connectivity index (χ2v) is 6.07. The number of rotatable bonds is 5. The van der Waals surface area contributed by atoms with Crippen LogP contribution in [0.4, 0.5) is 5.82 Å². The smallest absolute Gasteiger partial charge is 0.180 e. The standard InChI is InChI=1S/C17H22N4O/c1-11(2)15(10-22)20-16-12-6-5-8-13(12)19-17(21-16)14-7-3-4-9-18-14/h3-4,7,9,11,15,22H,5-6,8,10H2,1-2H3,(H,19,20,21)/t15-/m1/s1. The Labute approximate surface area is 130 Å². The molecule has 0 bridgehead atoms. The van der Waals surface area contributed by atoms with Crippen LogP contribution in [0.1, 0.15) is 31.5 Å². The highest BCUT2D eigenvalue weighted by Crippen LogP contribution is 2.29. The van der Waals surface area contributed by atoms with Gasteiger partial charge in [-0.2, -0.15) is 0 Å².